The third-order valence-electron chi connectivity index (χ3n) is 4.85. The van der Waals surface area contributed by atoms with Gasteiger partial charge in [-0.15, -0.1) is 0 Å². The lowest BCUT2D eigenvalue weighted by molar-refractivity contribution is 0.0614. The second kappa shape index (κ2) is 5.27. The van der Waals surface area contributed by atoms with E-state index in [0.29, 0.717) is 17.5 Å². The number of nitrogens with zero attached hydrogens (tertiary/aromatic N) is 1. The lowest BCUT2D eigenvalue weighted by Crippen LogP contribution is -2.57. The Morgan fingerprint density at radius 3 is 2.53 bits per heavy atom. The molecule has 0 bridgehead atoms. The first-order chi connectivity index (χ1) is 8.06. The summed E-state index contributed by atoms with van der Waals surface area (Å²) in [5.74, 6) is 0. The standard InChI is InChI=1S/C15H30N2/c1-4-5-11-17(12-8-9-12)13-7-6-10-15(2,3)14(13)16/h12-14H,4-11,16H2,1-3H3. The zero-order chi connectivity index (χ0) is 12.5. The van der Waals surface area contributed by atoms with Crippen LogP contribution in [0.4, 0.5) is 0 Å². The average molecular weight is 238 g/mol. The molecule has 0 aromatic heterocycles. The van der Waals surface area contributed by atoms with Gasteiger partial charge in [-0.3, -0.25) is 4.90 Å². The van der Waals surface area contributed by atoms with Crippen LogP contribution in [0.2, 0.25) is 0 Å². The molecular weight excluding hydrogens is 208 g/mol. The first-order valence-corrected chi connectivity index (χ1v) is 7.57. The van der Waals surface area contributed by atoms with Crippen LogP contribution in [0, 0.1) is 5.41 Å². The normalized spacial score (nSPS) is 33.0. The highest BCUT2D eigenvalue weighted by Gasteiger charge is 2.43. The molecule has 100 valence electrons. The molecule has 2 atom stereocenters. The van der Waals surface area contributed by atoms with Crippen LogP contribution in [-0.4, -0.2) is 29.6 Å². The third kappa shape index (κ3) is 3.03. The molecule has 0 saturated heterocycles. The van der Waals surface area contributed by atoms with Crippen LogP contribution < -0.4 is 5.73 Å². The molecule has 0 aliphatic heterocycles. The van der Waals surface area contributed by atoms with Crippen LogP contribution in [-0.2, 0) is 0 Å². The first kappa shape index (κ1) is 13.4. The molecular formula is C15H30N2. The highest BCUT2D eigenvalue weighted by atomic mass is 15.2. The van der Waals surface area contributed by atoms with Crippen molar-refractivity contribution in [2.75, 3.05) is 6.54 Å². The molecule has 2 saturated carbocycles. The molecule has 2 fully saturated rings. The number of unbranched alkanes of at least 4 members (excludes halogenated alkanes) is 1. The van der Waals surface area contributed by atoms with Crippen LogP contribution in [0.15, 0.2) is 0 Å². The lowest BCUT2D eigenvalue weighted by atomic mass is 9.70. The minimum atomic E-state index is 0.336. The smallest absolute Gasteiger partial charge is 0.0255 e. The van der Waals surface area contributed by atoms with Gasteiger partial charge in [0.15, 0.2) is 0 Å². The maximum Gasteiger partial charge on any atom is 0.0255 e. The minimum Gasteiger partial charge on any atom is -0.326 e. The van der Waals surface area contributed by atoms with Gasteiger partial charge in [0.2, 0.25) is 0 Å². The second-order valence-electron chi connectivity index (χ2n) is 6.80. The van der Waals surface area contributed by atoms with Gasteiger partial charge in [-0.1, -0.05) is 33.6 Å². The summed E-state index contributed by atoms with van der Waals surface area (Å²) in [6.07, 6.45) is 9.44. The van der Waals surface area contributed by atoms with Crippen molar-refractivity contribution >= 4 is 0 Å². The zero-order valence-corrected chi connectivity index (χ0v) is 11.9. The molecule has 2 unspecified atom stereocenters. The molecule has 0 aromatic rings. The average Bonchev–Trinajstić information content (AvgIpc) is 3.08. The second-order valence-corrected chi connectivity index (χ2v) is 6.80. The molecule has 0 radical (unpaired) electrons. The molecule has 0 spiro atoms. The van der Waals surface area contributed by atoms with Crippen molar-refractivity contribution in [2.24, 2.45) is 11.1 Å². The fourth-order valence-electron chi connectivity index (χ4n) is 3.37. The van der Waals surface area contributed by atoms with Crippen LogP contribution in [0.5, 0.6) is 0 Å². The molecule has 2 heteroatoms. The molecule has 0 heterocycles. The summed E-state index contributed by atoms with van der Waals surface area (Å²) >= 11 is 0. The predicted octanol–water partition coefficient (Wildman–Crippen LogP) is 3.16. The summed E-state index contributed by atoms with van der Waals surface area (Å²) in [6.45, 7) is 8.27. The molecule has 17 heavy (non-hydrogen) atoms. The van der Waals surface area contributed by atoms with E-state index in [1.54, 1.807) is 0 Å². The Balaban J connectivity index is 2.01. The van der Waals surface area contributed by atoms with Crippen molar-refractivity contribution in [2.45, 2.75) is 83.8 Å². The summed E-state index contributed by atoms with van der Waals surface area (Å²) in [5.41, 5.74) is 6.89. The zero-order valence-electron chi connectivity index (χ0n) is 11.9. The lowest BCUT2D eigenvalue weighted by Gasteiger charge is -2.47. The Kier molecular flexibility index (Phi) is 4.14. The topological polar surface area (TPSA) is 29.3 Å². The van der Waals surface area contributed by atoms with Crippen LogP contribution in [0.3, 0.4) is 0 Å². The SMILES string of the molecule is CCCCN(C1CC1)C1CCCC(C)(C)C1N. The summed E-state index contributed by atoms with van der Waals surface area (Å²) < 4.78 is 0. The van der Waals surface area contributed by atoms with Crippen molar-refractivity contribution in [3.05, 3.63) is 0 Å². The maximum atomic E-state index is 6.55. The van der Waals surface area contributed by atoms with Gasteiger partial charge in [0.25, 0.3) is 0 Å². The van der Waals surface area contributed by atoms with Crippen molar-refractivity contribution < 1.29 is 0 Å². The van der Waals surface area contributed by atoms with Gasteiger partial charge in [-0.05, 0) is 44.1 Å². The number of rotatable bonds is 5. The van der Waals surface area contributed by atoms with E-state index in [2.05, 4.69) is 25.7 Å². The molecule has 0 aromatic carbocycles. The molecule has 2 rings (SSSR count). The van der Waals surface area contributed by atoms with Gasteiger partial charge in [0, 0.05) is 18.1 Å². The van der Waals surface area contributed by atoms with Crippen LogP contribution in [0.25, 0.3) is 0 Å². The van der Waals surface area contributed by atoms with Gasteiger partial charge < -0.3 is 5.73 Å². The monoisotopic (exact) mass is 238 g/mol. The Morgan fingerprint density at radius 2 is 1.94 bits per heavy atom. The van der Waals surface area contributed by atoms with Crippen LogP contribution in [0.1, 0.15) is 65.7 Å². The highest BCUT2D eigenvalue weighted by molar-refractivity contribution is 5.00. The van der Waals surface area contributed by atoms with E-state index in [-0.39, 0.29) is 0 Å². The van der Waals surface area contributed by atoms with Crippen molar-refractivity contribution in [3.8, 4) is 0 Å². The minimum absolute atomic E-state index is 0.336. The van der Waals surface area contributed by atoms with E-state index in [0.717, 1.165) is 6.04 Å². The quantitative estimate of drug-likeness (QED) is 0.797. The van der Waals surface area contributed by atoms with Gasteiger partial charge in [-0.2, -0.15) is 0 Å². The van der Waals surface area contributed by atoms with Crippen molar-refractivity contribution in [3.63, 3.8) is 0 Å². The van der Waals surface area contributed by atoms with E-state index < -0.39 is 0 Å². The number of hydrogen-bond acceptors (Lipinski definition) is 2. The third-order valence-corrected chi connectivity index (χ3v) is 4.85. The van der Waals surface area contributed by atoms with E-state index in [1.807, 2.05) is 0 Å². The highest BCUT2D eigenvalue weighted by Crippen LogP contribution is 2.40. The summed E-state index contributed by atoms with van der Waals surface area (Å²) in [5, 5.41) is 0. The molecule has 2 nitrogen and oxygen atoms in total. The van der Waals surface area contributed by atoms with Crippen molar-refractivity contribution in [1.29, 1.82) is 0 Å². The maximum absolute atomic E-state index is 6.55. The van der Waals surface area contributed by atoms with Gasteiger partial charge >= 0.3 is 0 Å². The summed E-state index contributed by atoms with van der Waals surface area (Å²) in [6, 6.07) is 1.89. The fraction of sp³-hybridized carbons (Fsp3) is 1.00. The Bertz CT molecular complexity index is 245. The Labute approximate surface area is 107 Å². The summed E-state index contributed by atoms with van der Waals surface area (Å²) in [7, 11) is 0. The van der Waals surface area contributed by atoms with E-state index in [4.69, 9.17) is 5.73 Å². The van der Waals surface area contributed by atoms with Gasteiger partial charge in [-0.25, -0.2) is 0 Å². The fourth-order valence-corrected chi connectivity index (χ4v) is 3.37. The number of hydrogen-bond donors (Lipinski definition) is 1. The Hall–Kier alpha value is -0.0800. The molecule has 0 amide bonds. The van der Waals surface area contributed by atoms with E-state index in [1.165, 1.54) is 51.5 Å². The van der Waals surface area contributed by atoms with Gasteiger partial charge in [0.05, 0.1) is 0 Å². The van der Waals surface area contributed by atoms with E-state index in [9.17, 15) is 0 Å². The summed E-state index contributed by atoms with van der Waals surface area (Å²) in [4.78, 5) is 2.76. The first-order valence-electron chi connectivity index (χ1n) is 7.57. The number of nitrogens with two attached hydrogens (primary N) is 1. The van der Waals surface area contributed by atoms with Gasteiger partial charge in [0.1, 0.15) is 0 Å². The molecule has 2 N–H and O–H groups in total. The van der Waals surface area contributed by atoms with Crippen LogP contribution >= 0.6 is 0 Å². The predicted molar refractivity (Wildman–Crippen MR) is 74.0 cm³/mol. The largest absolute Gasteiger partial charge is 0.326 e. The van der Waals surface area contributed by atoms with E-state index >= 15 is 0 Å². The Morgan fingerprint density at radius 1 is 1.24 bits per heavy atom. The molecule has 2 aliphatic rings. The molecule has 2 aliphatic carbocycles. The van der Waals surface area contributed by atoms with Crippen molar-refractivity contribution in [1.82, 2.24) is 4.90 Å².